The largest absolute Gasteiger partial charge is 0.457 e. The molecule has 0 bridgehead atoms. The number of rotatable bonds is 6. The van der Waals surface area contributed by atoms with Crippen LogP contribution in [0.4, 0.5) is 16.0 Å². The molecule has 4 aromatic rings. The quantitative estimate of drug-likeness (QED) is 0.458. The lowest BCUT2D eigenvalue weighted by Gasteiger charge is -2.09. The van der Waals surface area contributed by atoms with Gasteiger partial charge in [-0.15, -0.1) is 10.2 Å². The van der Waals surface area contributed by atoms with Gasteiger partial charge >= 0.3 is 0 Å². The SMILES string of the molecule is CNC(=O)c1cc(Oc2ccc3nc(Nc4ccc(Cl)c(CF)c4)nnc3c2)ccn1. The van der Waals surface area contributed by atoms with E-state index in [0.717, 1.165) is 0 Å². The number of ether oxygens (including phenoxy) is 1. The molecule has 0 aliphatic rings. The summed E-state index contributed by atoms with van der Waals surface area (Å²) in [5, 5.41) is 14.1. The van der Waals surface area contributed by atoms with Crippen molar-refractivity contribution in [2.45, 2.75) is 6.67 Å². The van der Waals surface area contributed by atoms with Crippen molar-refractivity contribution in [3.63, 3.8) is 0 Å². The molecule has 2 aromatic heterocycles. The molecule has 0 radical (unpaired) electrons. The number of benzene rings is 2. The first-order valence-electron chi connectivity index (χ1n) is 9.17. The summed E-state index contributed by atoms with van der Waals surface area (Å²) in [4.78, 5) is 20.1. The van der Waals surface area contributed by atoms with E-state index in [2.05, 4.69) is 30.8 Å². The maximum atomic E-state index is 13.0. The van der Waals surface area contributed by atoms with Crippen LogP contribution in [-0.2, 0) is 6.67 Å². The van der Waals surface area contributed by atoms with Crippen LogP contribution in [0.1, 0.15) is 16.1 Å². The third-order valence-corrected chi connectivity index (χ3v) is 4.67. The molecular weight excluding hydrogens is 423 g/mol. The predicted molar refractivity (Wildman–Crippen MR) is 115 cm³/mol. The number of nitrogens with zero attached hydrogens (tertiary/aromatic N) is 4. The lowest BCUT2D eigenvalue weighted by atomic mass is 10.2. The first kappa shape index (κ1) is 20.4. The lowest BCUT2D eigenvalue weighted by Crippen LogP contribution is -2.18. The first-order valence-corrected chi connectivity index (χ1v) is 9.55. The van der Waals surface area contributed by atoms with Crippen LogP contribution in [0.2, 0.25) is 5.02 Å². The third-order valence-electron chi connectivity index (χ3n) is 4.30. The van der Waals surface area contributed by atoms with Gasteiger partial charge < -0.3 is 15.4 Å². The van der Waals surface area contributed by atoms with E-state index in [0.29, 0.717) is 38.8 Å². The lowest BCUT2D eigenvalue weighted by molar-refractivity contribution is 0.0958. The molecule has 10 heteroatoms. The number of carbonyl (C=O) groups excluding carboxylic acids is 1. The second-order valence-electron chi connectivity index (χ2n) is 6.41. The van der Waals surface area contributed by atoms with Gasteiger partial charge in [-0.2, -0.15) is 0 Å². The van der Waals surface area contributed by atoms with E-state index >= 15 is 0 Å². The molecule has 4 rings (SSSR count). The Labute approximate surface area is 181 Å². The summed E-state index contributed by atoms with van der Waals surface area (Å²) < 4.78 is 18.8. The van der Waals surface area contributed by atoms with Crippen LogP contribution < -0.4 is 15.4 Å². The number of fused-ring (bicyclic) bond motifs is 1. The topological polar surface area (TPSA) is 102 Å². The second-order valence-corrected chi connectivity index (χ2v) is 6.82. The minimum atomic E-state index is -0.671. The zero-order valence-electron chi connectivity index (χ0n) is 16.3. The molecule has 0 atom stereocenters. The Morgan fingerprint density at radius 1 is 1.06 bits per heavy atom. The Hall–Kier alpha value is -3.85. The van der Waals surface area contributed by atoms with E-state index in [-0.39, 0.29) is 17.5 Å². The fourth-order valence-electron chi connectivity index (χ4n) is 2.78. The molecule has 2 aromatic carbocycles. The summed E-state index contributed by atoms with van der Waals surface area (Å²) in [6.07, 6.45) is 1.49. The summed E-state index contributed by atoms with van der Waals surface area (Å²) in [6.45, 7) is -0.671. The summed E-state index contributed by atoms with van der Waals surface area (Å²) >= 11 is 5.94. The molecule has 2 N–H and O–H groups in total. The van der Waals surface area contributed by atoms with Crippen LogP contribution in [0, 0.1) is 0 Å². The van der Waals surface area contributed by atoms with Gasteiger partial charge in [0.2, 0.25) is 5.95 Å². The molecule has 0 fully saturated rings. The Balaban J connectivity index is 1.54. The van der Waals surface area contributed by atoms with Gasteiger partial charge in [0.1, 0.15) is 29.4 Å². The second kappa shape index (κ2) is 8.88. The van der Waals surface area contributed by atoms with Crippen LogP contribution in [0.5, 0.6) is 11.5 Å². The molecule has 0 aliphatic heterocycles. The normalized spacial score (nSPS) is 10.7. The van der Waals surface area contributed by atoms with Gasteiger partial charge in [-0.1, -0.05) is 11.6 Å². The molecule has 2 heterocycles. The summed E-state index contributed by atoms with van der Waals surface area (Å²) in [6, 6.07) is 13.2. The van der Waals surface area contributed by atoms with Crippen molar-refractivity contribution in [3.8, 4) is 11.5 Å². The number of pyridine rings is 1. The molecule has 156 valence electrons. The van der Waals surface area contributed by atoms with Crippen LogP contribution in [0.25, 0.3) is 11.0 Å². The van der Waals surface area contributed by atoms with E-state index < -0.39 is 6.67 Å². The van der Waals surface area contributed by atoms with E-state index in [9.17, 15) is 9.18 Å². The van der Waals surface area contributed by atoms with Crippen molar-refractivity contribution in [1.29, 1.82) is 0 Å². The number of nitrogens with one attached hydrogen (secondary N) is 2. The Kier molecular flexibility index (Phi) is 5.85. The standard InChI is InChI=1S/C21H16ClFN6O2/c1-24-20(30)19-10-15(6-7-25-19)31-14-3-5-17-18(9-14)28-29-21(27-17)26-13-2-4-16(22)12(8-13)11-23/h2-10H,11H2,1H3,(H,24,30)(H,26,27,29). The van der Waals surface area contributed by atoms with Crippen molar-refractivity contribution in [2.75, 3.05) is 12.4 Å². The number of aromatic nitrogens is 4. The molecule has 0 saturated heterocycles. The third kappa shape index (κ3) is 4.67. The average Bonchev–Trinajstić information content (AvgIpc) is 2.80. The number of carbonyl (C=O) groups is 1. The summed E-state index contributed by atoms with van der Waals surface area (Å²) in [5.41, 5.74) is 2.33. The molecule has 1 amide bonds. The number of hydrogen-bond donors (Lipinski definition) is 2. The molecule has 0 aliphatic carbocycles. The van der Waals surface area contributed by atoms with Crippen LogP contribution in [-0.4, -0.2) is 33.1 Å². The fraction of sp³-hybridized carbons (Fsp3) is 0.0952. The van der Waals surface area contributed by atoms with E-state index in [1.165, 1.54) is 19.3 Å². The van der Waals surface area contributed by atoms with Crippen LogP contribution >= 0.6 is 11.6 Å². The van der Waals surface area contributed by atoms with Crippen molar-refractivity contribution in [1.82, 2.24) is 25.5 Å². The number of amides is 1. The van der Waals surface area contributed by atoms with Crippen LogP contribution in [0.15, 0.2) is 54.7 Å². The van der Waals surface area contributed by atoms with Gasteiger partial charge in [0, 0.05) is 41.7 Å². The number of alkyl halides is 1. The van der Waals surface area contributed by atoms with Gasteiger partial charge in [0.25, 0.3) is 5.91 Å². The average molecular weight is 439 g/mol. The van der Waals surface area contributed by atoms with Crippen LogP contribution in [0.3, 0.4) is 0 Å². The van der Waals surface area contributed by atoms with Crippen molar-refractivity contribution in [2.24, 2.45) is 0 Å². The van der Waals surface area contributed by atoms with Gasteiger partial charge in [0.05, 0.1) is 5.52 Å². The smallest absolute Gasteiger partial charge is 0.269 e. The van der Waals surface area contributed by atoms with Gasteiger partial charge in [-0.3, -0.25) is 9.78 Å². The van der Waals surface area contributed by atoms with Crippen molar-refractivity contribution in [3.05, 3.63) is 71.0 Å². The molecule has 0 unspecified atom stereocenters. The molecule has 0 saturated carbocycles. The number of halogens is 2. The van der Waals surface area contributed by atoms with Gasteiger partial charge in [-0.25, -0.2) is 9.37 Å². The van der Waals surface area contributed by atoms with E-state index in [1.54, 1.807) is 42.5 Å². The molecule has 8 nitrogen and oxygen atoms in total. The maximum Gasteiger partial charge on any atom is 0.269 e. The van der Waals surface area contributed by atoms with Gasteiger partial charge in [-0.05, 0) is 36.4 Å². The van der Waals surface area contributed by atoms with Crippen molar-refractivity contribution >= 4 is 40.2 Å². The minimum Gasteiger partial charge on any atom is -0.457 e. The molecular formula is C21H16ClFN6O2. The van der Waals surface area contributed by atoms with Gasteiger partial charge in [0.15, 0.2) is 0 Å². The van der Waals surface area contributed by atoms with E-state index in [1.807, 2.05) is 0 Å². The highest BCUT2D eigenvalue weighted by Crippen LogP contribution is 2.26. The highest BCUT2D eigenvalue weighted by atomic mass is 35.5. The molecule has 0 spiro atoms. The minimum absolute atomic E-state index is 0.246. The Morgan fingerprint density at radius 2 is 1.90 bits per heavy atom. The number of anilines is 2. The summed E-state index contributed by atoms with van der Waals surface area (Å²) in [7, 11) is 1.53. The summed E-state index contributed by atoms with van der Waals surface area (Å²) in [5.74, 6) is 0.915. The van der Waals surface area contributed by atoms with E-state index in [4.69, 9.17) is 16.3 Å². The highest BCUT2D eigenvalue weighted by Gasteiger charge is 2.09. The molecule has 31 heavy (non-hydrogen) atoms. The Bertz CT molecular complexity index is 1270. The predicted octanol–water partition coefficient (Wildman–Crippen LogP) is 4.44. The van der Waals surface area contributed by atoms with Crippen molar-refractivity contribution < 1.29 is 13.9 Å². The first-order chi connectivity index (χ1) is 15.1. The zero-order chi connectivity index (χ0) is 21.8. The zero-order valence-corrected chi connectivity index (χ0v) is 17.0. The highest BCUT2D eigenvalue weighted by molar-refractivity contribution is 6.31. The maximum absolute atomic E-state index is 13.0. The monoisotopic (exact) mass is 438 g/mol. The Morgan fingerprint density at radius 3 is 2.71 bits per heavy atom. The fourth-order valence-corrected chi connectivity index (χ4v) is 2.95. The number of hydrogen-bond acceptors (Lipinski definition) is 7.